The SMILES string of the molecule is CCCCC(CC)COC(=O)CCCCCCCC(=O)O. The third-order valence-corrected chi connectivity index (χ3v) is 3.79. The fraction of sp³-hybridized carbons (Fsp3) is 0.882. The van der Waals surface area contributed by atoms with Gasteiger partial charge in [0.15, 0.2) is 0 Å². The maximum atomic E-state index is 11.6. The first-order valence-electron chi connectivity index (χ1n) is 8.47. The number of unbranched alkanes of at least 4 members (excludes halogenated alkanes) is 5. The third-order valence-electron chi connectivity index (χ3n) is 3.79. The number of carboxylic acids is 1. The Morgan fingerprint density at radius 1 is 0.952 bits per heavy atom. The van der Waals surface area contributed by atoms with Gasteiger partial charge in [-0.2, -0.15) is 0 Å². The van der Waals surface area contributed by atoms with Crippen molar-refractivity contribution >= 4 is 11.9 Å². The van der Waals surface area contributed by atoms with Crippen LogP contribution < -0.4 is 0 Å². The van der Waals surface area contributed by atoms with Crippen LogP contribution in [0.2, 0.25) is 0 Å². The van der Waals surface area contributed by atoms with E-state index in [1.807, 2.05) is 0 Å². The minimum atomic E-state index is -0.730. The quantitative estimate of drug-likeness (QED) is 0.377. The Hall–Kier alpha value is -1.06. The second-order valence-electron chi connectivity index (χ2n) is 5.76. The molecule has 0 bridgehead atoms. The number of carbonyl (C=O) groups is 2. The zero-order valence-corrected chi connectivity index (χ0v) is 13.7. The highest BCUT2D eigenvalue weighted by atomic mass is 16.5. The zero-order valence-electron chi connectivity index (χ0n) is 13.7. The topological polar surface area (TPSA) is 63.6 Å². The fourth-order valence-corrected chi connectivity index (χ4v) is 2.26. The molecule has 21 heavy (non-hydrogen) atoms. The van der Waals surface area contributed by atoms with Gasteiger partial charge in [0, 0.05) is 12.8 Å². The first-order valence-corrected chi connectivity index (χ1v) is 8.47. The summed E-state index contributed by atoms with van der Waals surface area (Å²) < 4.78 is 5.33. The Kier molecular flexibility index (Phi) is 13.2. The van der Waals surface area contributed by atoms with Gasteiger partial charge >= 0.3 is 11.9 Å². The Bertz CT molecular complexity index is 276. The monoisotopic (exact) mass is 300 g/mol. The highest BCUT2D eigenvalue weighted by molar-refractivity contribution is 5.69. The van der Waals surface area contributed by atoms with Gasteiger partial charge in [0.25, 0.3) is 0 Å². The first kappa shape index (κ1) is 19.9. The number of esters is 1. The van der Waals surface area contributed by atoms with Crippen LogP contribution in [0.1, 0.15) is 84.5 Å². The van der Waals surface area contributed by atoms with Crippen LogP contribution in [0.4, 0.5) is 0 Å². The van der Waals surface area contributed by atoms with Gasteiger partial charge in [0.2, 0.25) is 0 Å². The molecule has 0 spiro atoms. The van der Waals surface area contributed by atoms with Gasteiger partial charge in [-0.1, -0.05) is 52.4 Å². The summed E-state index contributed by atoms with van der Waals surface area (Å²) in [6.07, 6.45) is 9.81. The molecule has 0 saturated carbocycles. The lowest BCUT2D eigenvalue weighted by atomic mass is 10.0. The molecule has 0 aromatic carbocycles. The first-order chi connectivity index (χ1) is 10.1. The molecule has 0 rings (SSSR count). The van der Waals surface area contributed by atoms with E-state index in [9.17, 15) is 9.59 Å². The van der Waals surface area contributed by atoms with Gasteiger partial charge in [-0.05, 0) is 25.2 Å². The fourth-order valence-electron chi connectivity index (χ4n) is 2.26. The molecule has 0 heterocycles. The van der Waals surface area contributed by atoms with Crippen molar-refractivity contribution in [3.63, 3.8) is 0 Å². The lowest BCUT2D eigenvalue weighted by Gasteiger charge is -2.14. The maximum absolute atomic E-state index is 11.6. The normalized spacial score (nSPS) is 12.1. The van der Waals surface area contributed by atoms with Crippen LogP contribution in [-0.4, -0.2) is 23.7 Å². The van der Waals surface area contributed by atoms with Gasteiger partial charge in [-0.25, -0.2) is 0 Å². The summed E-state index contributed by atoms with van der Waals surface area (Å²) in [5, 5.41) is 8.51. The van der Waals surface area contributed by atoms with Gasteiger partial charge in [0.05, 0.1) is 6.61 Å². The van der Waals surface area contributed by atoms with Gasteiger partial charge in [0.1, 0.15) is 0 Å². The smallest absolute Gasteiger partial charge is 0.305 e. The average Bonchev–Trinajstić information content (AvgIpc) is 2.46. The van der Waals surface area contributed by atoms with Crippen molar-refractivity contribution in [1.82, 2.24) is 0 Å². The summed E-state index contributed by atoms with van der Waals surface area (Å²) in [5.74, 6) is -0.312. The largest absolute Gasteiger partial charge is 0.481 e. The van der Waals surface area contributed by atoms with E-state index in [0.717, 1.165) is 44.9 Å². The van der Waals surface area contributed by atoms with Crippen molar-refractivity contribution < 1.29 is 19.4 Å². The number of carboxylic acid groups (broad SMARTS) is 1. The van der Waals surface area contributed by atoms with Gasteiger partial charge in [-0.3, -0.25) is 9.59 Å². The Labute approximate surface area is 129 Å². The van der Waals surface area contributed by atoms with E-state index in [-0.39, 0.29) is 12.4 Å². The van der Waals surface area contributed by atoms with Crippen molar-refractivity contribution in [2.75, 3.05) is 6.61 Å². The minimum absolute atomic E-state index is 0.0875. The van der Waals surface area contributed by atoms with E-state index in [4.69, 9.17) is 9.84 Å². The molecule has 1 unspecified atom stereocenters. The van der Waals surface area contributed by atoms with Crippen molar-refractivity contribution in [3.05, 3.63) is 0 Å². The molecule has 0 aromatic heterocycles. The molecule has 0 aromatic rings. The summed E-state index contributed by atoms with van der Waals surface area (Å²) >= 11 is 0. The van der Waals surface area contributed by atoms with Crippen LogP contribution in [0.5, 0.6) is 0 Å². The summed E-state index contributed by atoms with van der Waals surface area (Å²) in [6.45, 7) is 4.88. The molecule has 0 radical (unpaired) electrons. The van der Waals surface area contributed by atoms with E-state index in [0.29, 0.717) is 18.9 Å². The number of aliphatic carboxylic acids is 1. The lowest BCUT2D eigenvalue weighted by Crippen LogP contribution is -2.13. The summed E-state index contributed by atoms with van der Waals surface area (Å²) in [6, 6.07) is 0. The predicted molar refractivity (Wildman–Crippen MR) is 84.2 cm³/mol. The van der Waals surface area contributed by atoms with Crippen molar-refractivity contribution in [2.45, 2.75) is 84.5 Å². The molecule has 0 aliphatic carbocycles. The summed E-state index contributed by atoms with van der Waals surface area (Å²) in [7, 11) is 0. The summed E-state index contributed by atoms with van der Waals surface area (Å²) in [5.41, 5.74) is 0. The molecule has 1 N–H and O–H groups in total. The number of carbonyl (C=O) groups excluding carboxylic acids is 1. The molecule has 0 saturated heterocycles. The molecular weight excluding hydrogens is 268 g/mol. The number of rotatable bonds is 14. The van der Waals surface area contributed by atoms with Crippen LogP contribution in [0.3, 0.4) is 0 Å². The lowest BCUT2D eigenvalue weighted by molar-refractivity contribution is -0.145. The van der Waals surface area contributed by atoms with Crippen LogP contribution in [0, 0.1) is 5.92 Å². The van der Waals surface area contributed by atoms with Crippen LogP contribution >= 0.6 is 0 Å². The molecule has 4 nitrogen and oxygen atoms in total. The Morgan fingerprint density at radius 3 is 2.14 bits per heavy atom. The molecule has 0 amide bonds. The highest BCUT2D eigenvalue weighted by Crippen LogP contribution is 2.14. The van der Waals surface area contributed by atoms with Crippen molar-refractivity contribution in [1.29, 1.82) is 0 Å². The molecule has 0 aliphatic rings. The van der Waals surface area contributed by atoms with Crippen molar-refractivity contribution in [2.24, 2.45) is 5.92 Å². The molecular formula is C17H32O4. The molecule has 1 atom stereocenters. The third kappa shape index (κ3) is 13.7. The maximum Gasteiger partial charge on any atom is 0.305 e. The number of ether oxygens (including phenoxy) is 1. The second-order valence-corrected chi connectivity index (χ2v) is 5.76. The second kappa shape index (κ2) is 13.9. The van der Waals surface area contributed by atoms with Crippen LogP contribution in [0.15, 0.2) is 0 Å². The van der Waals surface area contributed by atoms with Gasteiger partial charge < -0.3 is 9.84 Å². The van der Waals surface area contributed by atoms with E-state index in [1.54, 1.807) is 0 Å². The van der Waals surface area contributed by atoms with Gasteiger partial charge in [-0.15, -0.1) is 0 Å². The van der Waals surface area contributed by atoms with E-state index in [2.05, 4.69) is 13.8 Å². The van der Waals surface area contributed by atoms with E-state index >= 15 is 0 Å². The predicted octanol–water partition coefficient (Wildman–Crippen LogP) is 4.56. The van der Waals surface area contributed by atoms with Crippen molar-refractivity contribution in [3.8, 4) is 0 Å². The molecule has 0 fully saturated rings. The van der Waals surface area contributed by atoms with Crippen LogP contribution in [0.25, 0.3) is 0 Å². The molecule has 4 heteroatoms. The highest BCUT2D eigenvalue weighted by Gasteiger charge is 2.09. The van der Waals surface area contributed by atoms with E-state index < -0.39 is 5.97 Å². The molecule has 124 valence electrons. The number of hydrogen-bond donors (Lipinski definition) is 1. The zero-order chi connectivity index (χ0) is 15.9. The van der Waals surface area contributed by atoms with Crippen LogP contribution in [-0.2, 0) is 14.3 Å². The Morgan fingerprint density at radius 2 is 1.57 bits per heavy atom. The minimum Gasteiger partial charge on any atom is -0.481 e. The average molecular weight is 300 g/mol. The Balaban J connectivity index is 3.46. The van der Waals surface area contributed by atoms with E-state index in [1.165, 1.54) is 12.8 Å². The standard InChI is InChI=1S/C17H32O4/c1-3-5-11-15(4-2)14-21-17(20)13-10-8-6-7-9-12-16(18)19/h15H,3-14H2,1-2H3,(H,18,19). The number of hydrogen-bond acceptors (Lipinski definition) is 3. The summed E-state index contributed by atoms with van der Waals surface area (Å²) in [4.78, 5) is 21.9. The molecule has 0 aliphatic heterocycles.